The molecule has 0 bridgehead atoms. The topological polar surface area (TPSA) is 60.3 Å². The van der Waals surface area contributed by atoms with E-state index in [4.69, 9.17) is 6.57 Å². The highest BCUT2D eigenvalue weighted by atomic mass is 16.1. The van der Waals surface area contributed by atoms with E-state index in [1.165, 1.54) is 4.57 Å². The zero-order valence-electron chi connectivity index (χ0n) is 13.5. The van der Waals surface area contributed by atoms with Crippen LogP contribution in [-0.4, -0.2) is 32.2 Å². The van der Waals surface area contributed by atoms with Crippen molar-refractivity contribution >= 4 is 23.1 Å². The van der Waals surface area contributed by atoms with Gasteiger partial charge < -0.3 is 9.74 Å². The summed E-state index contributed by atoms with van der Waals surface area (Å²) in [6, 6.07) is 0. The van der Waals surface area contributed by atoms with E-state index < -0.39 is 0 Å². The van der Waals surface area contributed by atoms with Gasteiger partial charge in [-0.3, -0.25) is 9.13 Å². The lowest BCUT2D eigenvalue weighted by Crippen LogP contribution is -2.25. The highest BCUT2D eigenvalue weighted by Crippen LogP contribution is 2.26. The van der Waals surface area contributed by atoms with Crippen LogP contribution in [0.1, 0.15) is 20.3 Å². The number of hydrogen-bond donors (Lipinski definition) is 0. The summed E-state index contributed by atoms with van der Waals surface area (Å²) in [7, 11) is 1.56. The molecule has 1 unspecified atom stereocenters. The number of anilines is 1. The molecule has 0 saturated carbocycles. The molecule has 1 atom stereocenters. The van der Waals surface area contributed by atoms with E-state index in [0.29, 0.717) is 23.6 Å². The van der Waals surface area contributed by atoms with Gasteiger partial charge in [0.25, 0.3) is 0 Å². The highest BCUT2D eigenvalue weighted by Gasteiger charge is 2.27. The molecule has 0 spiro atoms. The summed E-state index contributed by atoms with van der Waals surface area (Å²) < 4.78 is 3.09. The second-order valence-corrected chi connectivity index (χ2v) is 5.82. The van der Waals surface area contributed by atoms with Crippen molar-refractivity contribution in [3.63, 3.8) is 0 Å². The second-order valence-electron chi connectivity index (χ2n) is 5.82. The maximum Gasteiger partial charge on any atom is 0.343 e. The Balaban J connectivity index is 2.27. The van der Waals surface area contributed by atoms with Crippen LogP contribution in [0.25, 0.3) is 16.0 Å². The van der Waals surface area contributed by atoms with Gasteiger partial charge in [0.05, 0.1) is 6.54 Å². The van der Waals surface area contributed by atoms with Gasteiger partial charge in [0.1, 0.15) is 0 Å². The zero-order valence-corrected chi connectivity index (χ0v) is 13.5. The van der Waals surface area contributed by atoms with Gasteiger partial charge in [-0.05, 0) is 19.3 Å². The van der Waals surface area contributed by atoms with Gasteiger partial charge in [0.2, 0.25) is 11.6 Å². The van der Waals surface area contributed by atoms with Crippen LogP contribution in [-0.2, 0) is 13.6 Å². The normalized spacial score (nSPS) is 17.1. The summed E-state index contributed by atoms with van der Waals surface area (Å²) in [5, 5.41) is 0. The van der Waals surface area contributed by atoms with Crippen LogP contribution in [0.5, 0.6) is 0 Å². The van der Waals surface area contributed by atoms with Crippen LogP contribution in [0.2, 0.25) is 0 Å². The molecule has 1 saturated heterocycles. The first-order valence-electron chi connectivity index (χ1n) is 7.56. The third-order valence-electron chi connectivity index (χ3n) is 4.16. The lowest BCUT2D eigenvalue weighted by Gasteiger charge is -2.17. The van der Waals surface area contributed by atoms with Crippen molar-refractivity contribution in [2.75, 3.05) is 18.0 Å². The minimum Gasteiger partial charge on any atom is -0.396 e. The largest absolute Gasteiger partial charge is 0.396 e. The van der Waals surface area contributed by atoms with Gasteiger partial charge >= 0.3 is 11.5 Å². The van der Waals surface area contributed by atoms with Crippen LogP contribution in [0, 0.1) is 24.3 Å². The molecule has 0 aliphatic carbocycles. The Hall–Kier alpha value is -2.80. The van der Waals surface area contributed by atoms with Crippen molar-refractivity contribution in [1.29, 1.82) is 0 Å². The van der Waals surface area contributed by atoms with E-state index in [2.05, 4.69) is 38.5 Å². The summed E-state index contributed by atoms with van der Waals surface area (Å²) >= 11 is 0. The molecule has 0 amide bonds. The third-order valence-corrected chi connectivity index (χ3v) is 4.16. The van der Waals surface area contributed by atoms with Crippen molar-refractivity contribution in [2.24, 2.45) is 13.0 Å². The second kappa shape index (κ2) is 5.77. The van der Waals surface area contributed by atoms with E-state index in [0.717, 1.165) is 25.5 Å². The van der Waals surface area contributed by atoms with E-state index >= 15 is 0 Å². The maximum absolute atomic E-state index is 12.6. The van der Waals surface area contributed by atoms with Crippen molar-refractivity contribution < 1.29 is 0 Å². The average molecular weight is 310 g/mol. The molecule has 1 aliphatic rings. The summed E-state index contributed by atoms with van der Waals surface area (Å²) in [5.41, 5.74) is 0.480. The zero-order chi connectivity index (χ0) is 16.6. The number of hydrogen-bond acceptors (Lipinski definition) is 4. The number of imidazole rings is 1. The number of aromatic nitrogens is 4. The first-order valence-corrected chi connectivity index (χ1v) is 7.56. The Morgan fingerprint density at radius 2 is 2.22 bits per heavy atom. The van der Waals surface area contributed by atoms with E-state index in [1.807, 2.05) is 4.57 Å². The third kappa shape index (κ3) is 2.44. The van der Waals surface area contributed by atoms with Crippen LogP contribution in [0.3, 0.4) is 0 Å². The van der Waals surface area contributed by atoms with E-state index in [9.17, 15) is 4.79 Å². The molecule has 2 aromatic heterocycles. The molecule has 23 heavy (non-hydrogen) atoms. The molecule has 7 heteroatoms. The molecule has 0 aromatic carbocycles. The molecule has 3 heterocycles. The SMILES string of the molecule is [C-]#[N+]c1nc2nc(N3CCC(C)C3)n(CC#CC)c2c(=O)n1C. The summed E-state index contributed by atoms with van der Waals surface area (Å²) in [6.07, 6.45) is 1.10. The average Bonchev–Trinajstić information content (AvgIpc) is 3.12. The molecule has 1 aliphatic heterocycles. The molecule has 1 fully saturated rings. The summed E-state index contributed by atoms with van der Waals surface area (Å²) in [6.45, 7) is 13.3. The van der Waals surface area contributed by atoms with Crippen LogP contribution in [0.15, 0.2) is 4.79 Å². The summed E-state index contributed by atoms with van der Waals surface area (Å²) in [5.74, 6) is 7.23. The molecule has 7 nitrogen and oxygen atoms in total. The Morgan fingerprint density at radius 1 is 1.43 bits per heavy atom. The number of rotatable bonds is 2. The predicted octanol–water partition coefficient (Wildman–Crippen LogP) is 1.55. The van der Waals surface area contributed by atoms with Gasteiger partial charge in [0.15, 0.2) is 5.52 Å². The molecular weight excluding hydrogens is 292 g/mol. The first-order chi connectivity index (χ1) is 11.1. The lowest BCUT2D eigenvalue weighted by atomic mass is 10.2. The highest BCUT2D eigenvalue weighted by molar-refractivity contribution is 5.75. The number of nitrogens with zero attached hydrogens (tertiary/aromatic N) is 6. The quantitative estimate of drug-likeness (QED) is 0.624. The predicted molar refractivity (Wildman–Crippen MR) is 88.5 cm³/mol. The molecule has 3 rings (SSSR count). The van der Waals surface area contributed by atoms with Crippen molar-refractivity contribution in [3.8, 4) is 11.8 Å². The monoisotopic (exact) mass is 310 g/mol. The Labute approximate surface area is 134 Å². The fourth-order valence-electron chi connectivity index (χ4n) is 2.90. The van der Waals surface area contributed by atoms with Gasteiger partial charge in [-0.1, -0.05) is 12.8 Å². The molecule has 118 valence electrons. The summed E-state index contributed by atoms with van der Waals surface area (Å²) in [4.78, 5) is 26.9. The van der Waals surface area contributed by atoms with E-state index in [1.54, 1.807) is 14.0 Å². The smallest absolute Gasteiger partial charge is 0.343 e. The molecule has 0 radical (unpaired) electrons. The van der Waals surface area contributed by atoms with Crippen molar-refractivity contribution in [2.45, 2.75) is 26.8 Å². The van der Waals surface area contributed by atoms with Crippen molar-refractivity contribution in [3.05, 3.63) is 21.8 Å². The first kappa shape index (κ1) is 15.1. The fraction of sp³-hybridized carbons (Fsp3) is 0.500. The Kier molecular flexibility index (Phi) is 3.79. The fourth-order valence-corrected chi connectivity index (χ4v) is 2.90. The van der Waals surface area contributed by atoms with Gasteiger partial charge in [-0.25, -0.2) is 4.79 Å². The van der Waals surface area contributed by atoms with E-state index in [-0.39, 0.29) is 11.5 Å². The van der Waals surface area contributed by atoms with Crippen LogP contribution in [0.4, 0.5) is 11.9 Å². The minimum atomic E-state index is -0.259. The molecule has 2 aromatic rings. The van der Waals surface area contributed by atoms with Crippen LogP contribution >= 0.6 is 0 Å². The minimum absolute atomic E-state index is 0.0510. The Morgan fingerprint density at radius 3 is 2.83 bits per heavy atom. The standard InChI is InChI=1S/C16H18N6O/c1-5-6-8-22-12-13(18-15(17-3)20(4)14(12)23)19-16(22)21-9-7-11(2)10-21/h11H,7-10H2,1-2,4H3. The maximum atomic E-state index is 12.6. The lowest BCUT2D eigenvalue weighted by molar-refractivity contribution is 0.656. The van der Waals surface area contributed by atoms with Gasteiger partial charge in [-0.2, -0.15) is 4.98 Å². The Bertz CT molecular complexity index is 920. The van der Waals surface area contributed by atoms with Gasteiger partial charge in [-0.15, -0.1) is 17.5 Å². The van der Waals surface area contributed by atoms with Crippen LogP contribution < -0.4 is 10.5 Å². The molecular formula is C16H18N6O. The molecule has 0 N–H and O–H groups in total. The van der Waals surface area contributed by atoms with Gasteiger partial charge in [0, 0.05) is 20.1 Å². The van der Waals surface area contributed by atoms with Crippen molar-refractivity contribution in [1.82, 2.24) is 19.1 Å². The number of fused-ring (bicyclic) bond motifs is 1.